The van der Waals surface area contributed by atoms with Gasteiger partial charge in [0.25, 0.3) is 0 Å². The number of morpholine rings is 1. The summed E-state index contributed by atoms with van der Waals surface area (Å²) in [4.78, 5) is 10.8. The van der Waals surface area contributed by atoms with E-state index in [1.807, 2.05) is 17.5 Å². The van der Waals surface area contributed by atoms with E-state index in [2.05, 4.69) is 39.9 Å². The number of hydrogen-bond acceptors (Lipinski definition) is 7. The van der Waals surface area contributed by atoms with Gasteiger partial charge >= 0.3 is 0 Å². The molecule has 6 nitrogen and oxygen atoms in total. The van der Waals surface area contributed by atoms with E-state index in [1.54, 1.807) is 0 Å². The van der Waals surface area contributed by atoms with Crippen molar-refractivity contribution < 1.29 is 9.26 Å². The third-order valence-electron chi connectivity index (χ3n) is 5.00. The molecule has 2 aromatic rings. The number of likely N-dealkylation sites (tertiary alicyclic amines) is 1. The van der Waals surface area contributed by atoms with E-state index in [-0.39, 0.29) is 0 Å². The molecular weight excluding hydrogens is 336 g/mol. The van der Waals surface area contributed by atoms with Gasteiger partial charge in [0.05, 0.1) is 19.3 Å². The van der Waals surface area contributed by atoms with Crippen LogP contribution in [0.3, 0.4) is 0 Å². The molecule has 25 heavy (non-hydrogen) atoms. The summed E-state index contributed by atoms with van der Waals surface area (Å²) in [5.41, 5.74) is 1.08. The van der Waals surface area contributed by atoms with Crippen molar-refractivity contribution in [2.24, 2.45) is 0 Å². The fraction of sp³-hybridized carbons (Fsp3) is 0.667. The minimum absolute atomic E-state index is 0.366. The Morgan fingerprint density at radius 3 is 2.88 bits per heavy atom. The maximum absolute atomic E-state index is 5.52. The normalized spacial score (nSPS) is 22.2. The molecule has 0 spiro atoms. The summed E-state index contributed by atoms with van der Waals surface area (Å²) >= 11 is 1.81. The molecule has 0 N–H and O–H groups in total. The maximum Gasteiger partial charge on any atom is 0.185 e. The molecule has 2 aliphatic heterocycles. The van der Waals surface area contributed by atoms with Crippen LogP contribution in [0.5, 0.6) is 0 Å². The van der Waals surface area contributed by atoms with Crippen molar-refractivity contribution in [1.82, 2.24) is 15.0 Å². The molecule has 4 rings (SSSR count). The fourth-order valence-electron chi connectivity index (χ4n) is 3.55. The fourth-order valence-corrected chi connectivity index (χ4v) is 4.54. The number of nitrogens with zero attached hydrogens (tertiary/aromatic N) is 4. The molecule has 0 radical (unpaired) electrons. The molecule has 4 heterocycles. The second-order valence-electron chi connectivity index (χ2n) is 7.15. The molecule has 2 aromatic heterocycles. The van der Waals surface area contributed by atoms with Crippen molar-refractivity contribution in [1.29, 1.82) is 0 Å². The Balaban J connectivity index is 1.43. The van der Waals surface area contributed by atoms with Gasteiger partial charge in [0, 0.05) is 42.7 Å². The lowest BCUT2D eigenvalue weighted by Gasteiger charge is -2.26. The summed E-state index contributed by atoms with van der Waals surface area (Å²) < 4.78 is 10.9. The molecular formula is C18H26N4O2S. The summed E-state index contributed by atoms with van der Waals surface area (Å²) in [7, 11) is 0. The summed E-state index contributed by atoms with van der Waals surface area (Å²) in [6, 6.07) is 2.50. The Labute approximate surface area is 152 Å². The minimum Gasteiger partial charge on any atom is -0.378 e. The van der Waals surface area contributed by atoms with Gasteiger partial charge in [-0.05, 0) is 19.4 Å². The van der Waals surface area contributed by atoms with Gasteiger partial charge < -0.3 is 14.2 Å². The van der Waals surface area contributed by atoms with Crippen molar-refractivity contribution in [2.75, 3.05) is 37.7 Å². The topological polar surface area (TPSA) is 54.6 Å². The van der Waals surface area contributed by atoms with Gasteiger partial charge in [-0.1, -0.05) is 19.0 Å². The quantitative estimate of drug-likeness (QED) is 0.812. The third-order valence-corrected chi connectivity index (χ3v) is 6.05. The van der Waals surface area contributed by atoms with Crippen LogP contribution in [0.15, 0.2) is 16.8 Å². The molecule has 7 heteroatoms. The first-order valence-electron chi connectivity index (χ1n) is 9.18. The van der Waals surface area contributed by atoms with Gasteiger partial charge in [0.2, 0.25) is 0 Å². The second-order valence-corrected chi connectivity index (χ2v) is 8.24. The number of hydrogen-bond donors (Lipinski definition) is 0. The SMILES string of the molecule is CC(C)c1cc([C@@H]2CCCN2Cc2cnc(N3CCOCC3)s2)no1. The lowest BCUT2D eigenvalue weighted by molar-refractivity contribution is 0.122. The molecule has 0 bridgehead atoms. The van der Waals surface area contributed by atoms with Crippen LogP contribution < -0.4 is 4.90 Å². The molecule has 0 unspecified atom stereocenters. The standard InChI is InChI=1S/C18H26N4O2S/c1-13(2)17-10-15(20-24-17)16-4-3-5-22(16)12-14-11-19-18(25-14)21-6-8-23-9-7-21/h10-11,13,16H,3-9,12H2,1-2H3/t16-/m0/s1. The first kappa shape index (κ1) is 17.0. The second kappa shape index (κ2) is 7.43. The summed E-state index contributed by atoms with van der Waals surface area (Å²) in [5.74, 6) is 1.36. The molecule has 136 valence electrons. The van der Waals surface area contributed by atoms with Crippen LogP contribution >= 0.6 is 11.3 Å². The van der Waals surface area contributed by atoms with Crippen LogP contribution in [0.1, 0.15) is 55.0 Å². The predicted molar refractivity (Wildman–Crippen MR) is 98.1 cm³/mol. The molecule has 0 amide bonds. The molecule has 0 aliphatic carbocycles. The Bertz CT molecular complexity index is 693. The summed E-state index contributed by atoms with van der Waals surface area (Å²) in [6.07, 6.45) is 4.40. The molecule has 0 saturated carbocycles. The average Bonchev–Trinajstić information content (AvgIpc) is 3.36. The predicted octanol–water partition coefficient (Wildman–Crippen LogP) is 3.43. The lowest BCUT2D eigenvalue weighted by Crippen LogP contribution is -2.36. The van der Waals surface area contributed by atoms with Crippen molar-refractivity contribution in [3.8, 4) is 0 Å². The van der Waals surface area contributed by atoms with Crippen LogP contribution in [-0.4, -0.2) is 47.9 Å². The van der Waals surface area contributed by atoms with Crippen molar-refractivity contribution in [2.45, 2.75) is 45.2 Å². The molecule has 2 saturated heterocycles. The van der Waals surface area contributed by atoms with Gasteiger partial charge in [-0.2, -0.15) is 0 Å². The van der Waals surface area contributed by atoms with Gasteiger partial charge in [-0.3, -0.25) is 4.90 Å². The Kier molecular flexibility index (Phi) is 5.05. The summed E-state index contributed by atoms with van der Waals surface area (Å²) in [5, 5.41) is 5.46. The van der Waals surface area contributed by atoms with Crippen molar-refractivity contribution in [3.05, 3.63) is 28.6 Å². The van der Waals surface area contributed by atoms with Crippen LogP contribution in [-0.2, 0) is 11.3 Å². The molecule has 2 aliphatic rings. The molecule has 0 aromatic carbocycles. The van der Waals surface area contributed by atoms with Gasteiger partial charge in [-0.25, -0.2) is 4.98 Å². The van der Waals surface area contributed by atoms with Crippen LogP contribution in [0, 0.1) is 0 Å². The van der Waals surface area contributed by atoms with Crippen LogP contribution in [0.25, 0.3) is 0 Å². The zero-order chi connectivity index (χ0) is 17.2. The highest BCUT2D eigenvalue weighted by molar-refractivity contribution is 7.15. The van der Waals surface area contributed by atoms with E-state index in [0.29, 0.717) is 12.0 Å². The van der Waals surface area contributed by atoms with Gasteiger partial charge in [0.15, 0.2) is 5.13 Å². The number of anilines is 1. The van der Waals surface area contributed by atoms with E-state index in [1.165, 1.54) is 11.3 Å². The third kappa shape index (κ3) is 3.73. The number of aromatic nitrogens is 2. The van der Waals surface area contributed by atoms with Crippen molar-refractivity contribution in [3.63, 3.8) is 0 Å². The largest absolute Gasteiger partial charge is 0.378 e. The Morgan fingerprint density at radius 2 is 2.12 bits per heavy atom. The molecule has 2 fully saturated rings. The van der Waals surface area contributed by atoms with Gasteiger partial charge in [0.1, 0.15) is 11.5 Å². The number of rotatable bonds is 5. The first-order chi connectivity index (χ1) is 12.2. The highest BCUT2D eigenvalue weighted by Gasteiger charge is 2.29. The van der Waals surface area contributed by atoms with E-state index in [9.17, 15) is 0 Å². The number of ether oxygens (including phenoxy) is 1. The highest BCUT2D eigenvalue weighted by Crippen LogP contribution is 2.35. The number of thiazole rings is 1. The smallest absolute Gasteiger partial charge is 0.185 e. The van der Waals surface area contributed by atoms with E-state index in [4.69, 9.17) is 9.26 Å². The Hall–Kier alpha value is -1.44. The Morgan fingerprint density at radius 1 is 1.28 bits per heavy atom. The van der Waals surface area contributed by atoms with E-state index >= 15 is 0 Å². The first-order valence-corrected chi connectivity index (χ1v) is 10.0. The highest BCUT2D eigenvalue weighted by atomic mass is 32.1. The van der Waals surface area contributed by atoms with E-state index < -0.39 is 0 Å². The molecule has 1 atom stereocenters. The van der Waals surface area contributed by atoms with Crippen LogP contribution in [0.4, 0.5) is 5.13 Å². The maximum atomic E-state index is 5.52. The van der Waals surface area contributed by atoms with E-state index in [0.717, 1.165) is 62.4 Å². The van der Waals surface area contributed by atoms with Crippen LogP contribution in [0.2, 0.25) is 0 Å². The zero-order valence-corrected chi connectivity index (χ0v) is 15.8. The minimum atomic E-state index is 0.366. The summed E-state index contributed by atoms with van der Waals surface area (Å²) in [6.45, 7) is 9.81. The van der Waals surface area contributed by atoms with Crippen molar-refractivity contribution >= 4 is 16.5 Å². The zero-order valence-electron chi connectivity index (χ0n) is 15.0. The monoisotopic (exact) mass is 362 g/mol. The van der Waals surface area contributed by atoms with Gasteiger partial charge in [-0.15, -0.1) is 11.3 Å². The average molecular weight is 362 g/mol. The lowest BCUT2D eigenvalue weighted by atomic mass is 10.1.